The van der Waals surface area contributed by atoms with Gasteiger partial charge in [-0.3, -0.25) is 4.79 Å². The predicted molar refractivity (Wildman–Crippen MR) is 98.8 cm³/mol. The number of amides is 1. The average molecular weight is 367 g/mol. The number of rotatable bonds is 5. The fourth-order valence-electron chi connectivity index (χ4n) is 2.39. The van der Waals surface area contributed by atoms with E-state index in [1.807, 2.05) is 13.8 Å². The Bertz CT molecular complexity index is 944. The number of esters is 1. The van der Waals surface area contributed by atoms with Crippen molar-refractivity contribution in [3.8, 4) is 11.4 Å². The van der Waals surface area contributed by atoms with Gasteiger partial charge in [0.25, 0.3) is 5.91 Å². The molecular formula is C20H18FN3O3. The number of carbonyl (C=O) groups is 2. The van der Waals surface area contributed by atoms with Crippen molar-refractivity contribution >= 4 is 17.6 Å². The molecule has 0 unspecified atom stereocenters. The molecule has 3 rings (SSSR count). The molecule has 0 aliphatic heterocycles. The third-order valence-corrected chi connectivity index (χ3v) is 3.98. The summed E-state index contributed by atoms with van der Waals surface area (Å²) in [6.45, 7) is 3.42. The highest BCUT2D eigenvalue weighted by molar-refractivity contribution is 5.95. The molecule has 0 saturated carbocycles. The number of carbonyl (C=O) groups excluding carboxylic acids is 2. The molecule has 0 atom stereocenters. The van der Waals surface area contributed by atoms with Crippen LogP contribution in [-0.2, 0) is 9.53 Å². The highest BCUT2D eigenvalue weighted by Crippen LogP contribution is 2.18. The van der Waals surface area contributed by atoms with E-state index in [1.54, 1.807) is 24.3 Å². The number of imidazole rings is 1. The summed E-state index contributed by atoms with van der Waals surface area (Å²) in [6.07, 6.45) is 0. The number of halogens is 1. The van der Waals surface area contributed by atoms with Gasteiger partial charge < -0.3 is 15.0 Å². The van der Waals surface area contributed by atoms with Gasteiger partial charge in [-0.15, -0.1) is 0 Å². The third kappa shape index (κ3) is 4.58. The van der Waals surface area contributed by atoms with E-state index in [0.29, 0.717) is 11.3 Å². The van der Waals surface area contributed by atoms with E-state index in [0.717, 1.165) is 22.8 Å². The number of ether oxygens (including phenoxy) is 1. The topological polar surface area (TPSA) is 84.1 Å². The van der Waals surface area contributed by atoms with E-state index in [4.69, 9.17) is 4.74 Å². The number of aromatic nitrogens is 2. The standard InChI is InChI=1S/C20H18FN3O3/c1-12-13(2)23-19(22-12)14-3-5-15(6-4-14)20(26)27-11-18(25)24-17-9-7-16(21)8-10-17/h3-10H,11H2,1-2H3,(H,22,23)(H,24,25). The lowest BCUT2D eigenvalue weighted by Crippen LogP contribution is -2.20. The van der Waals surface area contributed by atoms with Gasteiger partial charge in [0.15, 0.2) is 6.61 Å². The van der Waals surface area contributed by atoms with Crippen molar-refractivity contribution in [2.75, 3.05) is 11.9 Å². The summed E-state index contributed by atoms with van der Waals surface area (Å²) in [5.74, 6) is -0.790. The maximum absolute atomic E-state index is 12.8. The maximum atomic E-state index is 12.8. The molecule has 0 radical (unpaired) electrons. The molecule has 6 nitrogen and oxygen atoms in total. The van der Waals surface area contributed by atoms with Crippen LogP contribution in [0.5, 0.6) is 0 Å². The summed E-state index contributed by atoms with van der Waals surface area (Å²) in [4.78, 5) is 31.5. The second-order valence-electron chi connectivity index (χ2n) is 6.00. The monoisotopic (exact) mass is 367 g/mol. The normalized spacial score (nSPS) is 10.5. The molecule has 27 heavy (non-hydrogen) atoms. The Hall–Kier alpha value is -3.48. The molecule has 0 aliphatic rings. The summed E-state index contributed by atoms with van der Waals surface area (Å²) < 4.78 is 17.8. The molecule has 0 bridgehead atoms. The third-order valence-electron chi connectivity index (χ3n) is 3.98. The lowest BCUT2D eigenvalue weighted by Gasteiger charge is -2.07. The van der Waals surface area contributed by atoms with Gasteiger partial charge in [-0.2, -0.15) is 0 Å². The fourth-order valence-corrected chi connectivity index (χ4v) is 2.39. The molecule has 2 aromatic carbocycles. The van der Waals surface area contributed by atoms with Crippen LogP contribution in [0.4, 0.5) is 10.1 Å². The number of hydrogen-bond acceptors (Lipinski definition) is 4. The first kappa shape index (κ1) is 18.3. The molecule has 0 spiro atoms. The smallest absolute Gasteiger partial charge is 0.338 e. The molecule has 0 aliphatic carbocycles. The number of H-pyrrole nitrogens is 1. The van der Waals surface area contributed by atoms with E-state index in [2.05, 4.69) is 15.3 Å². The average Bonchev–Trinajstić information content (AvgIpc) is 3.00. The Kier molecular flexibility index (Phi) is 5.30. The first-order chi connectivity index (χ1) is 12.9. The van der Waals surface area contributed by atoms with Crippen LogP contribution < -0.4 is 5.32 Å². The van der Waals surface area contributed by atoms with Crippen molar-refractivity contribution in [1.82, 2.24) is 9.97 Å². The largest absolute Gasteiger partial charge is 0.452 e. The summed E-state index contributed by atoms with van der Waals surface area (Å²) >= 11 is 0. The van der Waals surface area contributed by atoms with E-state index in [9.17, 15) is 14.0 Å². The van der Waals surface area contributed by atoms with E-state index in [1.165, 1.54) is 24.3 Å². The zero-order chi connectivity index (χ0) is 19.4. The SMILES string of the molecule is Cc1nc(-c2ccc(C(=O)OCC(=O)Nc3ccc(F)cc3)cc2)[nH]c1C. The van der Waals surface area contributed by atoms with Gasteiger partial charge in [-0.05, 0) is 50.2 Å². The molecule has 0 fully saturated rings. The molecule has 2 N–H and O–H groups in total. The molecule has 138 valence electrons. The minimum atomic E-state index is -0.609. The quantitative estimate of drug-likeness (QED) is 0.675. The zero-order valence-electron chi connectivity index (χ0n) is 14.9. The Morgan fingerprint density at radius 1 is 1.07 bits per heavy atom. The van der Waals surface area contributed by atoms with Gasteiger partial charge in [0, 0.05) is 16.9 Å². The van der Waals surface area contributed by atoms with Crippen LogP contribution in [0, 0.1) is 19.7 Å². The van der Waals surface area contributed by atoms with Gasteiger partial charge in [0.2, 0.25) is 0 Å². The van der Waals surface area contributed by atoms with Crippen LogP contribution in [0.15, 0.2) is 48.5 Å². The van der Waals surface area contributed by atoms with Crippen LogP contribution in [0.2, 0.25) is 0 Å². The second-order valence-corrected chi connectivity index (χ2v) is 6.00. The lowest BCUT2D eigenvalue weighted by molar-refractivity contribution is -0.119. The maximum Gasteiger partial charge on any atom is 0.338 e. The van der Waals surface area contributed by atoms with Crippen LogP contribution in [0.25, 0.3) is 11.4 Å². The Balaban J connectivity index is 1.56. The summed E-state index contributed by atoms with van der Waals surface area (Å²) in [5.41, 5.74) is 3.50. The van der Waals surface area contributed by atoms with Gasteiger partial charge >= 0.3 is 5.97 Å². The van der Waals surface area contributed by atoms with Gasteiger partial charge in [-0.25, -0.2) is 14.2 Å². The predicted octanol–water partition coefficient (Wildman–Crippen LogP) is 3.63. The van der Waals surface area contributed by atoms with Crippen LogP contribution in [0.3, 0.4) is 0 Å². The Morgan fingerprint density at radius 3 is 2.33 bits per heavy atom. The van der Waals surface area contributed by atoms with Gasteiger partial charge in [0.05, 0.1) is 11.3 Å². The molecule has 7 heteroatoms. The summed E-state index contributed by atoms with van der Waals surface area (Å²) in [7, 11) is 0. The number of hydrogen-bond donors (Lipinski definition) is 2. The highest BCUT2D eigenvalue weighted by atomic mass is 19.1. The second kappa shape index (κ2) is 7.82. The number of nitrogens with zero attached hydrogens (tertiary/aromatic N) is 1. The lowest BCUT2D eigenvalue weighted by atomic mass is 10.1. The molecule has 3 aromatic rings. The molecule has 1 aromatic heterocycles. The van der Waals surface area contributed by atoms with Crippen molar-refractivity contribution in [2.24, 2.45) is 0 Å². The molecule has 0 saturated heterocycles. The number of benzene rings is 2. The number of anilines is 1. The minimum absolute atomic E-state index is 0.327. The summed E-state index contributed by atoms with van der Waals surface area (Å²) in [5, 5.41) is 2.52. The van der Waals surface area contributed by atoms with E-state index < -0.39 is 24.3 Å². The number of aromatic amines is 1. The Morgan fingerprint density at radius 2 is 1.74 bits per heavy atom. The first-order valence-electron chi connectivity index (χ1n) is 8.28. The van der Waals surface area contributed by atoms with Crippen molar-refractivity contribution in [3.63, 3.8) is 0 Å². The van der Waals surface area contributed by atoms with Crippen molar-refractivity contribution in [3.05, 3.63) is 71.3 Å². The fraction of sp³-hybridized carbons (Fsp3) is 0.150. The molecule has 1 amide bonds. The van der Waals surface area contributed by atoms with Crippen molar-refractivity contribution in [2.45, 2.75) is 13.8 Å². The van der Waals surface area contributed by atoms with E-state index in [-0.39, 0.29) is 0 Å². The van der Waals surface area contributed by atoms with Crippen molar-refractivity contribution in [1.29, 1.82) is 0 Å². The van der Waals surface area contributed by atoms with Crippen LogP contribution in [-0.4, -0.2) is 28.5 Å². The zero-order valence-corrected chi connectivity index (χ0v) is 14.9. The van der Waals surface area contributed by atoms with Gasteiger partial charge in [0.1, 0.15) is 11.6 Å². The highest BCUT2D eigenvalue weighted by Gasteiger charge is 2.12. The number of aryl methyl sites for hydroxylation is 2. The first-order valence-corrected chi connectivity index (χ1v) is 8.28. The van der Waals surface area contributed by atoms with Gasteiger partial charge in [-0.1, -0.05) is 12.1 Å². The Labute approximate surface area is 155 Å². The van der Waals surface area contributed by atoms with Crippen LogP contribution in [0.1, 0.15) is 21.7 Å². The minimum Gasteiger partial charge on any atom is -0.452 e. The van der Waals surface area contributed by atoms with E-state index >= 15 is 0 Å². The summed E-state index contributed by atoms with van der Waals surface area (Å²) in [6, 6.07) is 12.0. The van der Waals surface area contributed by atoms with Crippen LogP contribution >= 0.6 is 0 Å². The molecule has 1 heterocycles. The molecular weight excluding hydrogens is 349 g/mol. The number of nitrogens with one attached hydrogen (secondary N) is 2. The van der Waals surface area contributed by atoms with Crippen molar-refractivity contribution < 1.29 is 18.7 Å².